The number of amides is 1. The van der Waals surface area contributed by atoms with E-state index in [1.54, 1.807) is 6.07 Å². The highest BCUT2D eigenvalue weighted by atomic mass is 16.5. The van der Waals surface area contributed by atoms with Gasteiger partial charge < -0.3 is 14.7 Å². The molecule has 0 aliphatic carbocycles. The number of nitrogens with one attached hydrogen (secondary N) is 1. The third-order valence-corrected chi connectivity index (χ3v) is 3.13. The van der Waals surface area contributed by atoms with Crippen LogP contribution in [-0.2, 0) is 0 Å². The summed E-state index contributed by atoms with van der Waals surface area (Å²) in [5.41, 5.74) is 0.735. The molecule has 0 saturated carbocycles. The van der Waals surface area contributed by atoms with E-state index in [-0.39, 0.29) is 11.9 Å². The lowest BCUT2D eigenvalue weighted by molar-refractivity contribution is 0.0561. The van der Waals surface area contributed by atoms with E-state index in [1.165, 1.54) is 0 Å². The fourth-order valence-corrected chi connectivity index (χ4v) is 1.95. The van der Waals surface area contributed by atoms with E-state index in [9.17, 15) is 4.79 Å². The monoisotopic (exact) mass is 223 g/mol. The van der Waals surface area contributed by atoms with Crippen molar-refractivity contribution >= 4 is 5.91 Å². The molecule has 16 heavy (non-hydrogen) atoms. The van der Waals surface area contributed by atoms with Crippen LogP contribution in [0, 0.1) is 6.92 Å². The van der Waals surface area contributed by atoms with Gasteiger partial charge in [-0.2, -0.15) is 0 Å². The minimum Gasteiger partial charge on any atom is -0.351 e. The fraction of sp³-hybridized carbons (Fsp3) is 0.636. The van der Waals surface area contributed by atoms with Gasteiger partial charge in [0.25, 0.3) is 5.91 Å². The van der Waals surface area contributed by atoms with E-state index < -0.39 is 0 Å². The largest absolute Gasteiger partial charge is 0.351 e. The molecule has 1 amide bonds. The first kappa shape index (κ1) is 11.1. The Morgan fingerprint density at radius 2 is 2.38 bits per heavy atom. The topological polar surface area (TPSA) is 58.4 Å². The van der Waals surface area contributed by atoms with Crippen molar-refractivity contribution in [3.05, 3.63) is 17.5 Å². The number of nitrogens with zero attached hydrogens (tertiary/aromatic N) is 2. The highest BCUT2D eigenvalue weighted by molar-refractivity contribution is 5.91. The van der Waals surface area contributed by atoms with Gasteiger partial charge in [0.05, 0.1) is 5.69 Å². The van der Waals surface area contributed by atoms with Crippen LogP contribution in [0.15, 0.2) is 10.6 Å². The molecule has 2 unspecified atom stereocenters. The number of aromatic nitrogens is 1. The van der Waals surface area contributed by atoms with Gasteiger partial charge in [-0.3, -0.25) is 4.79 Å². The number of hydrogen-bond donors (Lipinski definition) is 1. The van der Waals surface area contributed by atoms with Gasteiger partial charge in [0, 0.05) is 31.2 Å². The smallest absolute Gasteiger partial charge is 0.292 e. The summed E-state index contributed by atoms with van der Waals surface area (Å²) in [5, 5.41) is 7.07. The minimum absolute atomic E-state index is 0.0681. The van der Waals surface area contributed by atoms with Gasteiger partial charge in [-0.05, 0) is 20.8 Å². The molecule has 1 aliphatic rings. The Morgan fingerprint density at radius 3 is 3.00 bits per heavy atom. The summed E-state index contributed by atoms with van der Waals surface area (Å²) in [7, 11) is 0. The maximum absolute atomic E-state index is 12.1. The van der Waals surface area contributed by atoms with Gasteiger partial charge in [-0.1, -0.05) is 5.16 Å². The molecule has 0 radical (unpaired) electrons. The second-order valence-electron chi connectivity index (χ2n) is 4.31. The van der Waals surface area contributed by atoms with Gasteiger partial charge in [-0.25, -0.2) is 0 Å². The number of carbonyl (C=O) groups excluding carboxylic acids is 1. The van der Waals surface area contributed by atoms with E-state index >= 15 is 0 Å². The summed E-state index contributed by atoms with van der Waals surface area (Å²) in [6.07, 6.45) is 0. The molecule has 5 nitrogen and oxygen atoms in total. The fourth-order valence-electron chi connectivity index (χ4n) is 1.95. The SMILES string of the molecule is Cc1cc(C(=O)N2CCNC(C)C2C)on1. The molecule has 1 fully saturated rings. The molecule has 0 bridgehead atoms. The van der Waals surface area contributed by atoms with Gasteiger partial charge in [-0.15, -0.1) is 0 Å². The van der Waals surface area contributed by atoms with Gasteiger partial charge in [0.15, 0.2) is 0 Å². The number of hydrogen-bond acceptors (Lipinski definition) is 4. The molecule has 2 heterocycles. The summed E-state index contributed by atoms with van der Waals surface area (Å²) in [4.78, 5) is 14.0. The van der Waals surface area contributed by atoms with Crippen molar-refractivity contribution in [2.24, 2.45) is 0 Å². The van der Waals surface area contributed by atoms with Crippen molar-refractivity contribution in [2.75, 3.05) is 13.1 Å². The maximum atomic E-state index is 12.1. The van der Waals surface area contributed by atoms with Crippen molar-refractivity contribution in [3.8, 4) is 0 Å². The predicted octanol–water partition coefficient (Wildman–Crippen LogP) is 0.805. The third kappa shape index (κ3) is 1.95. The summed E-state index contributed by atoms with van der Waals surface area (Å²) in [5.74, 6) is 0.264. The molecule has 0 spiro atoms. The molecular weight excluding hydrogens is 206 g/mol. The second-order valence-corrected chi connectivity index (χ2v) is 4.31. The molecule has 2 rings (SSSR count). The average molecular weight is 223 g/mol. The molecule has 1 saturated heterocycles. The number of rotatable bonds is 1. The molecule has 5 heteroatoms. The normalized spacial score (nSPS) is 25.8. The van der Waals surface area contributed by atoms with Gasteiger partial charge in [0.1, 0.15) is 0 Å². The van der Waals surface area contributed by atoms with E-state index in [0.29, 0.717) is 18.3 Å². The zero-order chi connectivity index (χ0) is 11.7. The molecule has 1 aliphatic heterocycles. The Labute approximate surface area is 94.8 Å². The molecule has 1 aromatic rings. The Morgan fingerprint density at radius 1 is 1.62 bits per heavy atom. The average Bonchev–Trinajstić information content (AvgIpc) is 2.68. The summed E-state index contributed by atoms with van der Waals surface area (Å²) in [6.45, 7) is 7.46. The van der Waals surface area contributed by atoms with Crippen molar-refractivity contribution < 1.29 is 9.32 Å². The first-order valence-electron chi connectivity index (χ1n) is 5.57. The molecule has 2 atom stereocenters. The Hall–Kier alpha value is -1.36. The van der Waals surface area contributed by atoms with Crippen LogP contribution in [0.4, 0.5) is 0 Å². The number of carbonyl (C=O) groups is 1. The lowest BCUT2D eigenvalue weighted by atomic mass is 10.1. The zero-order valence-electron chi connectivity index (χ0n) is 9.86. The van der Waals surface area contributed by atoms with Crippen LogP contribution in [0.5, 0.6) is 0 Å². The number of piperazine rings is 1. The molecular formula is C11H17N3O2. The lowest BCUT2D eigenvalue weighted by Crippen LogP contribution is -2.57. The van der Waals surface area contributed by atoms with E-state index in [4.69, 9.17) is 4.52 Å². The number of aryl methyl sites for hydroxylation is 1. The first-order valence-corrected chi connectivity index (χ1v) is 5.57. The van der Waals surface area contributed by atoms with Gasteiger partial charge in [0.2, 0.25) is 5.76 Å². The third-order valence-electron chi connectivity index (χ3n) is 3.13. The zero-order valence-corrected chi connectivity index (χ0v) is 9.86. The van der Waals surface area contributed by atoms with E-state index in [0.717, 1.165) is 12.2 Å². The maximum Gasteiger partial charge on any atom is 0.292 e. The van der Waals surface area contributed by atoms with Crippen molar-refractivity contribution in [2.45, 2.75) is 32.9 Å². The first-order chi connectivity index (χ1) is 7.59. The van der Waals surface area contributed by atoms with E-state index in [1.807, 2.05) is 18.7 Å². The van der Waals surface area contributed by atoms with Crippen molar-refractivity contribution in [1.82, 2.24) is 15.4 Å². The van der Waals surface area contributed by atoms with Crippen LogP contribution in [0.3, 0.4) is 0 Å². The molecule has 88 valence electrons. The van der Waals surface area contributed by atoms with Crippen LogP contribution in [0.1, 0.15) is 30.1 Å². The second kappa shape index (κ2) is 4.25. The minimum atomic E-state index is -0.0681. The van der Waals surface area contributed by atoms with Crippen LogP contribution in [-0.4, -0.2) is 41.1 Å². The van der Waals surface area contributed by atoms with Gasteiger partial charge >= 0.3 is 0 Å². The predicted molar refractivity (Wildman–Crippen MR) is 59.2 cm³/mol. The summed E-state index contributed by atoms with van der Waals surface area (Å²) in [6, 6.07) is 2.16. The molecule has 1 N–H and O–H groups in total. The van der Waals surface area contributed by atoms with Crippen LogP contribution < -0.4 is 5.32 Å². The lowest BCUT2D eigenvalue weighted by Gasteiger charge is -2.37. The molecule has 0 aromatic carbocycles. The Kier molecular flexibility index (Phi) is 2.96. The standard InChI is InChI=1S/C11H17N3O2/c1-7-6-10(16-13-7)11(15)14-5-4-12-8(2)9(14)3/h6,8-9,12H,4-5H2,1-3H3. The quantitative estimate of drug-likeness (QED) is 0.765. The highest BCUT2D eigenvalue weighted by Crippen LogP contribution is 2.14. The van der Waals surface area contributed by atoms with Crippen LogP contribution in [0.2, 0.25) is 0 Å². The van der Waals surface area contributed by atoms with Crippen molar-refractivity contribution in [1.29, 1.82) is 0 Å². The Bertz CT molecular complexity index is 388. The highest BCUT2D eigenvalue weighted by Gasteiger charge is 2.30. The van der Waals surface area contributed by atoms with Crippen molar-refractivity contribution in [3.63, 3.8) is 0 Å². The van der Waals surface area contributed by atoms with Crippen LogP contribution in [0.25, 0.3) is 0 Å². The summed E-state index contributed by atoms with van der Waals surface area (Å²) < 4.78 is 5.00. The summed E-state index contributed by atoms with van der Waals surface area (Å²) >= 11 is 0. The molecule has 1 aromatic heterocycles. The van der Waals surface area contributed by atoms with E-state index in [2.05, 4.69) is 17.4 Å². The van der Waals surface area contributed by atoms with Crippen LogP contribution >= 0.6 is 0 Å². The Balaban J connectivity index is 2.15.